The molecule has 2 aromatic carbocycles. The highest BCUT2D eigenvalue weighted by atomic mass is 16.5. The molecule has 0 aliphatic carbocycles. The third-order valence-corrected chi connectivity index (χ3v) is 5.00. The first-order valence-electron chi connectivity index (χ1n) is 10.1. The van der Waals surface area contributed by atoms with Crippen LogP contribution in [0.5, 0.6) is 5.75 Å². The maximum Gasteiger partial charge on any atom is 0.278 e. The number of aryl methyl sites for hydroxylation is 2. The zero-order chi connectivity index (χ0) is 21.7. The molecule has 0 saturated heterocycles. The van der Waals surface area contributed by atoms with Crippen molar-refractivity contribution in [1.82, 2.24) is 4.90 Å². The summed E-state index contributed by atoms with van der Waals surface area (Å²) in [6.45, 7) is 7.28. The Morgan fingerprint density at radius 3 is 2.33 bits per heavy atom. The molecule has 3 rings (SSSR count). The summed E-state index contributed by atoms with van der Waals surface area (Å²) in [5, 5.41) is 3.19. The lowest BCUT2D eigenvalue weighted by atomic mass is 10.0. The highest BCUT2D eigenvalue weighted by Gasteiger charge is 2.39. The summed E-state index contributed by atoms with van der Waals surface area (Å²) >= 11 is 0. The van der Waals surface area contributed by atoms with Crippen LogP contribution in [0.3, 0.4) is 0 Å². The van der Waals surface area contributed by atoms with Gasteiger partial charge in [0.05, 0.1) is 18.4 Å². The van der Waals surface area contributed by atoms with Gasteiger partial charge in [0.1, 0.15) is 11.4 Å². The quantitative estimate of drug-likeness (QED) is 0.503. The van der Waals surface area contributed by atoms with Gasteiger partial charge in [0.2, 0.25) is 0 Å². The van der Waals surface area contributed by atoms with Gasteiger partial charge in [-0.15, -0.1) is 0 Å². The Balaban J connectivity index is 1.99. The predicted octanol–water partition coefficient (Wildman–Crippen LogP) is 3.93. The summed E-state index contributed by atoms with van der Waals surface area (Å²) in [5.74, 6) is -0.0310. The van der Waals surface area contributed by atoms with Crippen molar-refractivity contribution in [3.8, 4) is 5.75 Å². The topological polar surface area (TPSA) is 67.9 Å². The molecule has 1 N–H and O–H groups in total. The van der Waals surface area contributed by atoms with Crippen LogP contribution in [0.15, 0.2) is 48.2 Å². The Morgan fingerprint density at radius 2 is 1.67 bits per heavy atom. The van der Waals surface area contributed by atoms with Crippen molar-refractivity contribution in [2.45, 2.75) is 27.2 Å². The number of anilines is 1. The molecule has 0 saturated carbocycles. The van der Waals surface area contributed by atoms with Crippen LogP contribution in [-0.2, 0) is 14.3 Å². The molecule has 1 aliphatic rings. The molecule has 0 atom stereocenters. The van der Waals surface area contributed by atoms with Crippen molar-refractivity contribution in [1.29, 1.82) is 0 Å². The number of carbonyl (C=O) groups excluding carboxylic acids is 2. The lowest BCUT2D eigenvalue weighted by Crippen LogP contribution is -2.34. The molecular formula is C24H28N2O4. The van der Waals surface area contributed by atoms with Crippen molar-refractivity contribution < 1.29 is 19.1 Å². The third-order valence-electron chi connectivity index (χ3n) is 5.00. The van der Waals surface area contributed by atoms with Gasteiger partial charge in [-0.05, 0) is 50.5 Å². The monoisotopic (exact) mass is 408 g/mol. The number of nitrogens with one attached hydrogen (secondary N) is 1. The maximum absolute atomic E-state index is 13.2. The summed E-state index contributed by atoms with van der Waals surface area (Å²) in [6.07, 6.45) is 0.591. The molecule has 2 amide bonds. The Morgan fingerprint density at radius 1 is 0.967 bits per heavy atom. The van der Waals surface area contributed by atoms with E-state index in [2.05, 4.69) is 5.32 Å². The van der Waals surface area contributed by atoms with Gasteiger partial charge in [-0.25, -0.2) is 0 Å². The van der Waals surface area contributed by atoms with Gasteiger partial charge >= 0.3 is 0 Å². The number of carbonyl (C=O) groups is 2. The van der Waals surface area contributed by atoms with Gasteiger partial charge in [0.25, 0.3) is 11.8 Å². The summed E-state index contributed by atoms with van der Waals surface area (Å²) in [4.78, 5) is 27.7. The number of nitrogens with zero attached hydrogens (tertiary/aromatic N) is 1. The highest BCUT2D eigenvalue weighted by Crippen LogP contribution is 2.34. The van der Waals surface area contributed by atoms with E-state index < -0.39 is 0 Å². The van der Waals surface area contributed by atoms with Gasteiger partial charge in [-0.2, -0.15) is 0 Å². The van der Waals surface area contributed by atoms with Gasteiger partial charge in [0, 0.05) is 19.8 Å². The summed E-state index contributed by atoms with van der Waals surface area (Å²) < 4.78 is 10.8. The van der Waals surface area contributed by atoms with Gasteiger partial charge < -0.3 is 14.8 Å². The number of hydrogen-bond donors (Lipinski definition) is 1. The molecule has 1 aliphatic heterocycles. The fraction of sp³-hybridized carbons (Fsp3) is 0.333. The van der Waals surface area contributed by atoms with Crippen LogP contribution in [0, 0.1) is 13.8 Å². The summed E-state index contributed by atoms with van der Waals surface area (Å²) in [5.41, 5.74) is 4.10. The molecule has 0 bridgehead atoms. The fourth-order valence-corrected chi connectivity index (χ4v) is 3.41. The molecular weight excluding hydrogens is 380 g/mol. The van der Waals surface area contributed by atoms with Gasteiger partial charge in [-0.3, -0.25) is 14.5 Å². The molecule has 158 valence electrons. The van der Waals surface area contributed by atoms with Crippen molar-refractivity contribution in [3.63, 3.8) is 0 Å². The van der Waals surface area contributed by atoms with Crippen LogP contribution >= 0.6 is 0 Å². The van der Waals surface area contributed by atoms with E-state index in [9.17, 15) is 9.59 Å². The Hall–Kier alpha value is -3.12. The molecule has 2 aromatic rings. The predicted molar refractivity (Wildman–Crippen MR) is 117 cm³/mol. The fourth-order valence-electron chi connectivity index (χ4n) is 3.41. The largest absolute Gasteiger partial charge is 0.495 e. The van der Waals surface area contributed by atoms with Crippen molar-refractivity contribution in [2.75, 3.05) is 32.2 Å². The highest BCUT2D eigenvalue weighted by molar-refractivity contribution is 6.36. The first kappa shape index (κ1) is 21.6. The number of rotatable bonds is 9. The lowest BCUT2D eigenvalue weighted by Gasteiger charge is -2.16. The number of ether oxygens (including phenoxy) is 2. The van der Waals surface area contributed by atoms with Gasteiger partial charge in [0.15, 0.2) is 0 Å². The van der Waals surface area contributed by atoms with Crippen molar-refractivity contribution in [3.05, 3.63) is 64.9 Å². The van der Waals surface area contributed by atoms with Crippen LogP contribution in [-0.4, -0.2) is 43.6 Å². The van der Waals surface area contributed by atoms with E-state index in [0.29, 0.717) is 48.8 Å². The number of imide groups is 1. The molecule has 6 heteroatoms. The van der Waals surface area contributed by atoms with E-state index in [4.69, 9.17) is 9.47 Å². The second kappa shape index (κ2) is 9.59. The molecule has 0 unspecified atom stereocenters. The van der Waals surface area contributed by atoms with Gasteiger partial charge in [-0.1, -0.05) is 35.9 Å². The Kier molecular flexibility index (Phi) is 6.90. The lowest BCUT2D eigenvalue weighted by molar-refractivity contribution is -0.137. The molecule has 6 nitrogen and oxygen atoms in total. The minimum absolute atomic E-state index is 0.268. The Labute approximate surface area is 177 Å². The SMILES string of the molecule is CCOCCCN1C(=O)C(Nc2cc(C)ccc2OC)=C(c2ccc(C)cc2)C1=O. The average molecular weight is 408 g/mol. The van der Waals surface area contributed by atoms with Crippen LogP contribution in [0.25, 0.3) is 5.57 Å². The van der Waals surface area contributed by atoms with E-state index in [1.807, 2.05) is 63.2 Å². The molecule has 0 radical (unpaired) electrons. The average Bonchev–Trinajstić information content (AvgIpc) is 2.96. The molecule has 30 heavy (non-hydrogen) atoms. The number of methoxy groups -OCH3 is 1. The van der Waals surface area contributed by atoms with Crippen LogP contribution < -0.4 is 10.1 Å². The van der Waals surface area contributed by atoms with E-state index in [-0.39, 0.29) is 17.5 Å². The number of amides is 2. The first-order valence-corrected chi connectivity index (χ1v) is 10.1. The molecule has 0 spiro atoms. The molecule has 1 heterocycles. The van der Waals surface area contributed by atoms with Crippen LogP contribution in [0.4, 0.5) is 5.69 Å². The van der Waals surface area contributed by atoms with E-state index in [1.54, 1.807) is 7.11 Å². The number of benzene rings is 2. The van der Waals surface area contributed by atoms with Crippen molar-refractivity contribution >= 4 is 23.1 Å². The smallest absolute Gasteiger partial charge is 0.278 e. The van der Waals surface area contributed by atoms with Crippen LogP contribution in [0.1, 0.15) is 30.0 Å². The summed E-state index contributed by atoms with van der Waals surface area (Å²) in [6, 6.07) is 13.3. The van der Waals surface area contributed by atoms with Crippen molar-refractivity contribution in [2.24, 2.45) is 0 Å². The zero-order valence-electron chi connectivity index (χ0n) is 18.0. The van der Waals surface area contributed by atoms with Crippen LogP contribution in [0.2, 0.25) is 0 Å². The molecule has 0 aromatic heterocycles. The summed E-state index contributed by atoms with van der Waals surface area (Å²) in [7, 11) is 1.58. The number of hydrogen-bond acceptors (Lipinski definition) is 5. The maximum atomic E-state index is 13.2. The second-order valence-electron chi connectivity index (χ2n) is 7.26. The minimum Gasteiger partial charge on any atom is -0.495 e. The first-order chi connectivity index (χ1) is 14.5. The Bertz CT molecular complexity index is 964. The second-order valence-corrected chi connectivity index (χ2v) is 7.26. The van der Waals surface area contributed by atoms with E-state index in [0.717, 1.165) is 11.1 Å². The zero-order valence-corrected chi connectivity index (χ0v) is 18.0. The standard InChI is InChI=1S/C24H28N2O4/c1-5-30-14-6-13-26-23(27)21(18-10-7-16(2)8-11-18)22(24(26)28)25-19-15-17(3)9-12-20(19)29-4/h7-12,15,25H,5-6,13-14H2,1-4H3. The van der Waals surface area contributed by atoms with E-state index in [1.165, 1.54) is 4.90 Å². The third kappa shape index (κ3) is 4.54. The normalized spacial score (nSPS) is 13.9. The minimum atomic E-state index is -0.337. The molecule has 0 fully saturated rings. The van der Waals surface area contributed by atoms with E-state index >= 15 is 0 Å².